The molecule has 5 nitrogen and oxygen atoms in total. The van der Waals surface area contributed by atoms with Crippen molar-refractivity contribution in [2.75, 3.05) is 0 Å². The van der Waals surface area contributed by atoms with Gasteiger partial charge in [-0.15, -0.1) is 0 Å². The molecule has 1 fully saturated rings. The molecule has 1 saturated carbocycles. The number of carbonyl (C=O) groups excluding carboxylic acids is 1. The third-order valence-electron chi connectivity index (χ3n) is 5.47. The molecule has 2 aromatic rings. The lowest BCUT2D eigenvalue weighted by molar-refractivity contribution is -0.122. The first-order chi connectivity index (χ1) is 12.9. The topological polar surface area (TPSA) is 74.8 Å². The van der Waals surface area contributed by atoms with Crippen molar-refractivity contribution < 1.29 is 9.18 Å². The van der Waals surface area contributed by atoms with Crippen molar-refractivity contribution in [3.63, 3.8) is 0 Å². The Morgan fingerprint density at radius 3 is 2.70 bits per heavy atom. The highest BCUT2D eigenvalue weighted by Gasteiger charge is 2.28. The van der Waals surface area contributed by atoms with Crippen LogP contribution in [0.5, 0.6) is 0 Å². The minimum absolute atomic E-state index is 0.0241. The van der Waals surface area contributed by atoms with E-state index in [0.29, 0.717) is 24.5 Å². The van der Waals surface area contributed by atoms with Crippen molar-refractivity contribution in [3.05, 3.63) is 63.1 Å². The Morgan fingerprint density at radius 1 is 1.26 bits per heavy atom. The highest BCUT2D eigenvalue weighted by Crippen LogP contribution is 2.29. The molecule has 0 spiro atoms. The van der Waals surface area contributed by atoms with Gasteiger partial charge in [0.1, 0.15) is 5.82 Å². The van der Waals surface area contributed by atoms with Gasteiger partial charge < -0.3 is 10.3 Å². The van der Waals surface area contributed by atoms with Crippen molar-refractivity contribution in [3.8, 4) is 0 Å². The van der Waals surface area contributed by atoms with Gasteiger partial charge >= 0.3 is 5.69 Å². The fourth-order valence-corrected chi connectivity index (χ4v) is 4.04. The van der Waals surface area contributed by atoms with Crippen LogP contribution in [-0.2, 0) is 17.6 Å². The molecule has 6 heteroatoms. The third-order valence-corrected chi connectivity index (χ3v) is 5.47. The highest BCUT2D eigenvalue weighted by molar-refractivity contribution is 5.76. The van der Waals surface area contributed by atoms with Gasteiger partial charge in [-0.2, -0.15) is 4.98 Å². The standard InChI is InChI=1S/C21H26FN3O2/c1-13-18(14(2)24-21(27)23-13)10-11-20(26)25-19-5-3-4-16(19)12-15-6-8-17(22)9-7-15/h6-9,16,19H,3-5,10-12H2,1-2H3,(H,25,26)(H,23,24,27). The van der Waals surface area contributed by atoms with E-state index in [-0.39, 0.29) is 23.5 Å². The lowest BCUT2D eigenvalue weighted by Gasteiger charge is -2.21. The van der Waals surface area contributed by atoms with E-state index in [1.807, 2.05) is 19.1 Å². The minimum Gasteiger partial charge on any atom is -0.353 e. The second-order valence-corrected chi connectivity index (χ2v) is 7.43. The van der Waals surface area contributed by atoms with Crippen molar-refractivity contribution in [1.82, 2.24) is 15.3 Å². The van der Waals surface area contributed by atoms with Gasteiger partial charge in [0.25, 0.3) is 0 Å². The molecular formula is C21H26FN3O2. The van der Waals surface area contributed by atoms with E-state index in [1.54, 1.807) is 6.92 Å². The Morgan fingerprint density at radius 2 is 2.00 bits per heavy atom. The van der Waals surface area contributed by atoms with Gasteiger partial charge in [-0.25, -0.2) is 9.18 Å². The monoisotopic (exact) mass is 371 g/mol. The van der Waals surface area contributed by atoms with Gasteiger partial charge in [-0.05, 0) is 68.7 Å². The lowest BCUT2D eigenvalue weighted by Crippen LogP contribution is -2.38. The number of halogens is 1. The van der Waals surface area contributed by atoms with E-state index >= 15 is 0 Å². The molecule has 2 N–H and O–H groups in total. The van der Waals surface area contributed by atoms with E-state index in [1.165, 1.54) is 12.1 Å². The molecule has 2 unspecified atom stereocenters. The molecular weight excluding hydrogens is 345 g/mol. The number of rotatable bonds is 6. The van der Waals surface area contributed by atoms with Gasteiger partial charge in [0, 0.05) is 23.9 Å². The zero-order valence-electron chi connectivity index (χ0n) is 15.8. The Kier molecular flexibility index (Phi) is 6.04. The average molecular weight is 371 g/mol. The first-order valence-electron chi connectivity index (χ1n) is 9.52. The van der Waals surface area contributed by atoms with Crippen LogP contribution in [0.3, 0.4) is 0 Å². The number of benzene rings is 1. The molecule has 2 atom stereocenters. The number of aromatic amines is 1. The number of amides is 1. The normalized spacial score (nSPS) is 19.2. The van der Waals surface area contributed by atoms with Crippen LogP contribution in [0.1, 0.15) is 48.2 Å². The number of hydrogen-bond acceptors (Lipinski definition) is 3. The number of H-pyrrole nitrogens is 1. The van der Waals surface area contributed by atoms with E-state index in [2.05, 4.69) is 15.3 Å². The zero-order valence-corrected chi connectivity index (χ0v) is 15.8. The van der Waals surface area contributed by atoms with Crippen molar-refractivity contribution in [2.24, 2.45) is 5.92 Å². The van der Waals surface area contributed by atoms with Crippen molar-refractivity contribution >= 4 is 5.91 Å². The van der Waals surface area contributed by atoms with E-state index < -0.39 is 0 Å². The molecule has 0 radical (unpaired) electrons. The molecule has 1 aromatic heterocycles. The van der Waals surface area contributed by atoms with Gasteiger partial charge in [0.05, 0.1) is 0 Å². The van der Waals surface area contributed by atoms with Gasteiger partial charge in [0.15, 0.2) is 0 Å². The number of aromatic nitrogens is 2. The molecule has 1 aromatic carbocycles. The maximum Gasteiger partial charge on any atom is 0.345 e. The number of nitrogens with one attached hydrogen (secondary N) is 2. The van der Waals surface area contributed by atoms with Crippen LogP contribution in [0.15, 0.2) is 29.1 Å². The summed E-state index contributed by atoms with van der Waals surface area (Å²) in [6.07, 6.45) is 4.93. The summed E-state index contributed by atoms with van der Waals surface area (Å²) in [6.45, 7) is 3.63. The van der Waals surface area contributed by atoms with Crippen molar-refractivity contribution in [2.45, 2.75) is 58.4 Å². The summed E-state index contributed by atoms with van der Waals surface area (Å²) in [5.41, 5.74) is 3.13. The molecule has 3 rings (SSSR count). The Hall–Kier alpha value is -2.50. The predicted molar refractivity (Wildman–Crippen MR) is 102 cm³/mol. The van der Waals surface area contributed by atoms with Crippen LogP contribution < -0.4 is 11.0 Å². The number of hydrogen-bond donors (Lipinski definition) is 2. The number of carbonyl (C=O) groups is 1. The molecule has 1 amide bonds. The van der Waals surface area contributed by atoms with Gasteiger partial charge in [-0.3, -0.25) is 4.79 Å². The van der Waals surface area contributed by atoms with Crippen LogP contribution in [0.25, 0.3) is 0 Å². The van der Waals surface area contributed by atoms with Crippen LogP contribution in [0.2, 0.25) is 0 Å². The predicted octanol–water partition coefficient (Wildman–Crippen LogP) is 2.99. The lowest BCUT2D eigenvalue weighted by atomic mass is 9.94. The summed E-state index contributed by atoms with van der Waals surface area (Å²) in [5.74, 6) is 0.186. The zero-order chi connectivity index (χ0) is 19.4. The summed E-state index contributed by atoms with van der Waals surface area (Å²) in [7, 11) is 0. The number of aryl methyl sites for hydroxylation is 2. The van der Waals surface area contributed by atoms with Crippen LogP contribution >= 0.6 is 0 Å². The second-order valence-electron chi connectivity index (χ2n) is 7.43. The van der Waals surface area contributed by atoms with E-state index in [0.717, 1.165) is 42.5 Å². The maximum absolute atomic E-state index is 13.1. The maximum atomic E-state index is 13.1. The van der Waals surface area contributed by atoms with Crippen molar-refractivity contribution in [1.29, 1.82) is 0 Å². The number of nitrogens with zero attached hydrogens (tertiary/aromatic N) is 1. The third kappa shape index (κ3) is 5.02. The molecule has 1 aliphatic carbocycles. The molecule has 1 heterocycles. The molecule has 0 saturated heterocycles. The molecule has 0 bridgehead atoms. The smallest absolute Gasteiger partial charge is 0.345 e. The molecule has 0 aliphatic heterocycles. The Bertz CT molecular complexity index is 834. The summed E-state index contributed by atoms with van der Waals surface area (Å²) in [6, 6.07) is 6.78. The average Bonchev–Trinajstić information content (AvgIpc) is 3.02. The summed E-state index contributed by atoms with van der Waals surface area (Å²) in [4.78, 5) is 30.4. The van der Waals surface area contributed by atoms with Crippen LogP contribution in [0, 0.1) is 25.6 Å². The van der Waals surface area contributed by atoms with Gasteiger partial charge in [0.2, 0.25) is 5.91 Å². The quantitative estimate of drug-likeness (QED) is 0.820. The summed E-state index contributed by atoms with van der Waals surface area (Å²) in [5, 5.41) is 3.18. The molecule has 144 valence electrons. The Balaban J connectivity index is 1.55. The molecule has 1 aliphatic rings. The molecule has 27 heavy (non-hydrogen) atoms. The Labute approximate surface area is 158 Å². The fourth-order valence-electron chi connectivity index (χ4n) is 4.04. The minimum atomic E-state index is -0.354. The van der Waals surface area contributed by atoms with Crippen LogP contribution in [0.4, 0.5) is 4.39 Å². The summed E-state index contributed by atoms with van der Waals surface area (Å²) < 4.78 is 13.1. The second kappa shape index (κ2) is 8.46. The first-order valence-corrected chi connectivity index (χ1v) is 9.52. The van der Waals surface area contributed by atoms with E-state index in [9.17, 15) is 14.0 Å². The van der Waals surface area contributed by atoms with Gasteiger partial charge in [-0.1, -0.05) is 18.6 Å². The van der Waals surface area contributed by atoms with Crippen LogP contribution in [-0.4, -0.2) is 21.9 Å². The first kappa shape index (κ1) is 19.3. The van der Waals surface area contributed by atoms with E-state index in [4.69, 9.17) is 0 Å². The largest absolute Gasteiger partial charge is 0.353 e. The SMILES string of the molecule is Cc1nc(=O)[nH]c(C)c1CCC(=O)NC1CCCC1Cc1ccc(F)cc1. The summed E-state index contributed by atoms with van der Waals surface area (Å²) >= 11 is 0. The fraction of sp³-hybridized carbons (Fsp3) is 0.476. The highest BCUT2D eigenvalue weighted by atomic mass is 19.1.